The standard InChI is InChI=1S/C12H19NO6/c1-12(2,3)19-11(17)13-5-7(9(14)15)8(6-13)10(16)18-4/h7-8H,5-6H2,1-4H3,(H,14,15)/t7-,8+/m0/s1. The molecule has 0 aliphatic carbocycles. The highest BCUT2D eigenvalue weighted by molar-refractivity contribution is 5.84. The van der Waals surface area contributed by atoms with Crippen molar-refractivity contribution < 1.29 is 29.0 Å². The molecule has 1 heterocycles. The molecule has 0 radical (unpaired) electrons. The molecule has 1 fully saturated rings. The number of rotatable bonds is 2. The van der Waals surface area contributed by atoms with Gasteiger partial charge in [0.1, 0.15) is 5.60 Å². The first-order valence-electron chi connectivity index (χ1n) is 5.94. The molecule has 108 valence electrons. The molecule has 0 bridgehead atoms. The summed E-state index contributed by atoms with van der Waals surface area (Å²) in [6.45, 7) is 5.09. The minimum Gasteiger partial charge on any atom is -0.481 e. The summed E-state index contributed by atoms with van der Waals surface area (Å²) >= 11 is 0. The molecular formula is C12H19NO6. The average Bonchev–Trinajstić information content (AvgIpc) is 2.70. The smallest absolute Gasteiger partial charge is 0.410 e. The number of ether oxygens (including phenoxy) is 2. The molecule has 7 heteroatoms. The quantitative estimate of drug-likeness (QED) is 0.745. The Kier molecular flexibility index (Phi) is 4.39. The highest BCUT2D eigenvalue weighted by Crippen LogP contribution is 2.26. The molecule has 1 amide bonds. The Morgan fingerprint density at radius 3 is 2.11 bits per heavy atom. The fourth-order valence-electron chi connectivity index (χ4n) is 1.92. The zero-order valence-electron chi connectivity index (χ0n) is 11.5. The van der Waals surface area contributed by atoms with Gasteiger partial charge in [0, 0.05) is 13.1 Å². The van der Waals surface area contributed by atoms with Crippen molar-refractivity contribution in [1.29, 1.82) is 0 Å². The fourth-order valence-corrected chi connectivity index (χ4v) is 1.92. The fraction of sp³-hybridized carbons (Fsp3) is 0.750. The van der Waals surface area contributed by atoms with Gasteiger partial charge in [-0.25, -0.2) is 4.79 Å². The van der Waals surface area contributed by atoms with Crippen molar-refractivity contribution in [3.8, 4) is 0 Å². The maximum atomic E-state index is 11.8. The molecule has 0 aromatic carbocycles. The lowest BCUT2D eigenvalue weighted by atomic mass is 9.97. The van der Waals surface area contributed by atoms with E-state index in [1.54, 1.807) is 20.8 Å². The molecule has 0 saturated carbocycles. The summed E-state index contributed by atoms with van der Waals surface area (Å²) in [7, 11) is 1.19. The second-order valence-electron chi connectivity index (χ2n) is 5.46. The van der Waals surface area contributed by atoms with Crippen LogP contribution < -0.4 is 0 Å². The topological polar surface area (TPSA) is 93.1 Å². The normalized spacial score (nSPS) is 23.1. The van der Waals surface area contributed by atoms with Crippen LogP contribution in [-0.2, 0) is 19.1 Å². The first kappa shape index (κ1) is 15.3. The second kappa shape index (κ2) is 5.46. The van der Waals surface area contributed by atoms with Gasteiger partial charge in [-0.2, -0.15) is 0 Å². The number of carboxylic acids is 1. The third kappa shape index (κ3) is 3.84. The number of hydrogen-bond donors (Lipinski definition) is 1. The Balaban J connectivity index is 2.78. The van der Waals surface area contributed by atoms with Gasteiger partial charge < -0.3 is 19.5 Å². The lowest BCUT2D eigenvalue weighted by Crippen LogP contribution is -2.36. The van der Waals surface area contributed by atoms with Gasteiger partial charge >= 0.3 is 18.0 Å². The van der Waals surface area contributed by atoms with Gasteiger partial charge in [0.05, 0.1) is 18.9 Å². The van der Waals surface area contributed by atoms with Gasteiger partial charge in [0.15, 0.2) is 0 Å². The van der Waals surface area contributed by atoms with E-state index < -0.39 is 35.5 Å². The van der Waals surface area contributed by atoms with Gasteiger partial charge in [-0.05, 0) is 20.8 Å². The monoisotopic (exact) mass is 273 g/mol. The predicted octanol–water partition coefficient (Wildman–Crippen LogP) is 0.727. The number of methoxy groups -OCH3 is 1. The summed E-state index contributed by atoms with van der Waals surface area (Å²) in [6.07, 6.45) is -0.620. The molecule has 0 unspecified atom stereocenters. The summed E-state index contributed by atoms with van der Waals surface area (Å²) in [5.74, 6) is -3.56. The number of esters is 1. The molecule has 1 rings (SSSR count). The van der Waals surface area contributed by atoms with Crippen LogP contribution in [0, 0.1) is 11.8 Å². The lowest BCUT2D eigenvalue weighted by Gasteiger charge is -2.24. The van der Waals surface area contributed by atoms with Crippen LogP contribution in [0.25, 0.3) is 0 Å². The summed E-state index contributed by atoms with van der Waals surface area (Å²) in [6, 6.07) is 0. The van der Waals surface area contributed by atoms with Crippen LogP contribution in [0.2, 0.25) is 0 Å². The number of nitrogens with zero attached hydrogens (tertiary/aromatic N) is 1. The van der Waals surface area contributed by atoms with E-state index in [1.807, 2.05) is 0 Å². The van der Waals surface area contributed by atoms with Crippen LogP contribution in [0.15, 0.2) is 0 Å². The minimum atomic E-state index is -1.12. The third-order valence-corrected chi connectivity index (χ3v) is 2.79. The number of amides is 1. The van der Waals surface area contributed by atoms with E-state index in [9.17, 15) is 14.4 Å². The van der Waals surface area contributed by atoms with E-state index in [0.29, 0.717) is 0 Å². The summed E-state index contributed by atoms with van der Waals surface area (Å²) in [5.41, 5.74) is -0.668. The summed E-state index contributed by atoms with van der Waals surface area (Å²) < 4.78 is 9.72. The highest BCUT2D eigenvalue weighted by atomic mass is 16.6. The zero-order chi connectivity index (χ0) is 14.8. The van der Waals surface area contributed by atoms with Crippen LogP contribution in [0.4, 0.5) is 4.79 Å². The minimum absolute atomic E-state index is 0.00144. The Hall–Kier alpha value is -1.79. The number of hydrogen-bond acceptors (Lipinski definition) is 5. The number of carbonyl (C=O) groups excluding carboxylic acids is 2. The van der Waals surface area contributed by atoms with Crippen molar-refractivity contribution in [1.82, 2.24) is 4.90 Å². The van der Waals surface area contributed by atoms with Crippen LogP contribution in [-0.4, -0.2) is 53.8 Å². The van der Waals surface area contributed by atoms with E-state index in [-0.39, 0.29) is 13.1 Å². The Bertz CT molecular complexity index is 386. The molecule has 0 aromatic rings. The average molecular weight is 273 g/mol. The maximum absolute atomic E-state index is 11.8. The number of aliphatic carboxylic acids is 1. The van der Waals surface area contributed by atoms with E-state index in [0.717, 1.165) is 0 Å². The number of carbonyl (C=O) groups is 3. The van der Waals surface area contributed by atoms with E-state index in [4.69, 9.17) is 9.84 Å². The van der Waals surface area contributed by atoms with Crippen LogP contribution in [0.1, 0.15) is 20.8 Å². The van der Waals surface area contributed by atoms with Gasteiger partial charge in [0.25, 0.3) is 0 Å². The lowest BCUT2D eigenvalue weighted by molar-refractivity contribution is -0.153. The summed E-state index contributed by atoms with van der Waals surface area (Å²) in [5, 5.41) is 9.07. The van der Waals surface area contributed by atoms with Crippen molar-refractivity contribution in [3.05, 3.63) is 0 Å². The van der Waals surface area contributed by atoms with E-state index in [2.05, 4.69) is 4.74 Å². The molecule has 0 spiro atoms. The Morgan fingerprint density at radius 1 is 1.16 bits per heavy atom. The molecule has 7 nitrogen and oxygen atoms in total. The Morgan fingerprint density at radius 2 is 1.68 bits per heavy atom. The van der Waals surface area contributed by atoms with E-state index in [1.165, 1.54) is 12.0 Å². The SMILES string of the molecule is COC(=O)[C@@H]1CN(C(=O)OC(C)(C)C)C[C@@H]1C(=O)O. The molecule has 1 aliphatic heterocycles. The first-order chi connectivity index (χ1) is 8.65. The molecule has 1 saturated heterocycles. The van der Waals surface area contributed by atoms with Crippen molar-refractivity contribution in [3.63, 3.8) is 0 Å². The van der Waals surface area contributed by atoms with Crippen molar-refractivity contribution >= 4 is 18.0 Å². The molecule has 1 N–H and O–H groups in total. The number of carboxylic acid groups (broad SMARTS) is 1. The second-order valence-corrected chi connectivity index (χ2v) is 5.46. The Labute approximate surface area is 111 Å². The van der Waals surface area contributed by atoms with Crippen LogP contribution in [0.5, 0.6) is 0 Å². The molecule has 1 aliphatic rings. The maximum Gasteiger partial charge on any atom is 0.410 e. The van der Waals surface area contributed by atoms with Crippen molar-refractivity contribution in [2.45, 2.75) is 26.4 Å². The largest absolute Gasteiger partial charge is 0.481 e. The highest BCUT2D eigenvalue weighted by Gasteiger charge is 2.45. The third-order valence-electron chi connectivity index (χ3n) is 2.79. The van der Waals surface area contributed by atoms with Gasteiger partial charge in [-0.3, -0.25) is 9.59 Å². The van der Waals surface area contributed by atoms with E-state index >= 15 is 0 Å². The molecular weight excluding hydrogens is 254 g/mol. The molecule has 2 atom stereocenters. The van der Waals surface area contributed by atoms with Crippen molar-refractivity contribution in [2.24, 2.45) is 11.8 Å². The van der Waals surface area contributed by atoms with Gasteiger partial charge in [-0.15, -0.1) is 0 Å². The van der Waals surface area contributed by atoms with Crippen LogP contribution in [0.3, 0.4) is 0 Å². The van der Waals surface area contributed by atoms with Gasteiger partial charge in [0.2, 0.25) is 0 Å². The van der Waals surface area contributed by atoms with Crippen molar-refractivity contribution in [2.75, 3.05) is 20.2 Å². The van der Waals surface area contributed by atoms with Crippen LogP contribution >= 0.6 is 0 Å². The predicted molar refractivity (Wildman–Crippen MR) is 64.4 cm³/mol. The van der Waals surface area contributed by atoms with Gasteiger partial charge in [-0.1, -0.05) is 0 Å². The zero-order valence-corrected chi connectivity index (χ0v) is 11.5. The number of likely N-dealkylation sites (tertiary alicyclic amines) is 1. The summed E-state index contributed by atoms with van der Waals surface area (Å²) in [4.78, 5) is 35.7. The molecule has 19 heavy (non-hydrogen) atoms. The first-order valence-corrected chi connectivity index (χ1v) is 5.94. The molecule has 0 aromatic heterocycles.